The second-order valence-electron chi connectivity index (χ2n) is 10.9. The summed E-state index contributed by atoms with van der Waals surface area (Å²) in [6.07, 6.45) is 4.53. The first kappa shape index (κ1) is 28.3. The molecule has 0 radical (unpaired) electrons. The van der Waals surface area contributed by atoms with Crippen LogP contribution >= 0.6 is 0 Å². The average molecular weight is 524 g/mol. The van der Waals surface area contributed by atoms with E-state index in [1.54, 1.807) is 6.07 Å². The highest BCUT2D eigenvalue weighted by atomic mass is 16.5. The standard InChI is InChI=1S/C34H41N3O2/c1-8-9-10-11-16-39-31-20-30(38)29(19-28(31)21(2)3)34-36-32(26-14-12-22(4)17-24(26)6)35-33(37-34)27-15-13-23(5)18-25(27)7/h12-15,17-21,38H,8-11,16H2,1-7H3. The summed E-state index contributed by atoms with van der Waals surface area (Å²) in [5.74, 6) is 2.66. The predicted octanol–water partition coefficient (Wildman–Crippen LogP) is 8.89. The van der Waals surface area contributed by atoms with Gasteiger partial charge in [0.25, 0.3) is 0 Å². The smallest absolute Gasteiger partial charge is 0.167 e. The lowest BCUT2D eigenvalue weighted by Gasteiger charge is -2.17. The molecular weight excluding hydrogens is 482 g/mol. The van der Waals surface area contributed by atoms with Crippen molar-refractivity contribution in [2.75, 3.05) is 6.61 Å². The minimum atomic E-state index is 0.104. The Balaban J connectivity index is 1.85. The minimum Gasteiger partial charge on any atom is -0.507 e. The van der Waals surface area contributed by atoms with Crippen molar-refractivity contribution in [1.82, 2.24) is 15.0 Å². The van der Waals surface area contributed by atoms with Crippen LogP contribution in [0.1, 0.15) is 80.2 Å². The van der Waals surface area contributed by atoms with Crippen LogP contribution in [0, 0.1) is 27.7 Å². The molecule has 204 valence electrons. The van der Waals surface area contributed by atoms with E-state index in [1.807, 2.05) is 6.07 Å². The van der Waals surface area contributed by atoms with E-state index in [9.17, 15) is 5.11 Å². The van der Waals surface area contributed by atoms with Crippen molar-refractivity contribution in [3.8, 4) is 45.7 Å². The maximum Gasteiger partial charge on any atom is 0.167 e. The number of rotatable bonds is 10. The number of aromatic nitrogens is 3. The highest BCUT2D eigenvalue weighted by molar-refractivity contribution is 5.73. The van der Waals surface area contributed by atoms with Crippen LogP contribution in [-0.2, 0) is 0 Å². The second-order valence-corrected chi connectivity index (χ2v) is 10.9. The molecule has 0 atom stereocenters. The van der Waals surface area contributed by atoms with E-state index < -0.39 is 0 Å². The van der Waals surface area contributed by atoms with Gasteiger partial charge in [0.1, 0.15) is 11.5 Å². The van der Waals surface area contributed by atoms with Crippen LogP contribution in [0.5, 0.6) is 11.5 Å². The summed E-state index contributed by atoms with van der Waals surface area (Å²) in [5.41, 5.74) is 8.07. The summed E-state index contributed by atoms with van der Waals surface area (Å²) in [6.45, 7) is 15.4. The van der Waals surface area contributed by atoms with Gasteiger partial charge >= 0.3 is 0 Å². The fraction of sp³-hybridized carbons (Fsp3) is 0.382. The average Bonchev–Trinajstić information content (AvgIpc) is 2.88. The fourth-order valence-electron chi connectivity index (χ4n) is 4.92. The Labute approximate surface area is 233 Å². The zero-order valence-corrected chi connectivity index (χ0v) is 24.4. The van der Waals surface area contributed by atoms with Gasteiger partial charge in [-0.3, -0.25) is 0 Å². The molecule has 39 heavy (non-hydrogen) atoms. The molecule has 0 amide bonds. The van der Waals surface area contributed by atoms with E-state index in [2.05, 4.69) is 84.9 Å². The van der Waals surface area contributed by atoms with Crippen molar-refractivity contribution < 1.29 is 9.84 Å². The molecule has 0 saturated carbocycles. The predicted molar refractivity (Wildman–Crippen MR) is 160 cm³/mol. The van der Waals surface area contributed by atoms with Crippen LogP contribution in [0.15, 0.2) is 48.5 Å². The summed E-state index contributed by atoms with van der Waals surface area (Å²) >= 11 is 0. The molecule has 0 aliphatic carbocycles. The highest BCUT2D eigenvalue weighted by Gasteiger charge is 2.20. The van der Waals surface area contributed by atoms with Crippen molar-refractivity contribution in [2.24, 2.45) is 0 Å². The molecule has 3 aromatic carbocycles. The molecule has 5 heteroatoms. The molecule has 0 aliphatic rings. The van der Waals surface area contributed by atoms with E-state index in [1.165, 1.54) is 24.0 Å². The summed E-state index contributed by atoms with van der Waals surface area (Å²) in [7, 11) is 0. The van der Waals surface area contributed by atoms with E-state index in [0.717, 1.165) is 46.4 Å². The molecule has 1 N–H and O–H groups in total. The van der Waals surface area contributed by atoms with E-state index in [0.29, 0.717) is 29.6 Å². The third kappa shape index (κ3) is 6.65. The Bertz CT molecular complexity index is 1390. The molecule has 4 rings (SSSR count). The van der Waals surface area contributed by atoms with Gasteiger partial charge in [-0.05, 0) is 62.8 Å². The van der Waals surface area contributed by atoms with Gasteiger partial charge in [-0.15, -0.1) is 0 Å². The van der Waals surface area contributed by atoms with Gasteiger partial charge < -0.3 is 9.84 Å². The molecule has 1 heterocycles. The van der Waals surface area contributed by atoms with Crippen LogP contribution < -0.4 is 4.74 Å². The Hall–Kier alpha value is -3.73. The fourth-order valence-corrected chi connectivity index (χ4v) is 4.92. The topological polar surface area (TPSA) is 68.1 Å². The first-order valence-corrected chi connectivity index (χ1v) is 14.1. The van der Waals surface area contributed by atoms with Crippen molar-refractivity contribution in [3.63, 3.8) is 0 Å². The number of benzene rings is 3. The molecular formula is C34H41N3O2. The maximum atomic E-state index is 11.2. The monoisotopic (exact) mass is 523 g/mol. The van der Waals surface area contributed by atoms with Gasteiger partial charge in [-0.25, -0.2) is 15.0 Å². The molecule has 0 spiro atoms. The zero-order chi connectivity index (χ0) is 28.1. The lowest BCUT2D eigenvalue weighted by molar-refractivity contribution is 0.299. The van der Waals surface area contributed by atoms with Crippen LogP contribution in [0.3, 0.4) is 0 Å². The zero-order valence-electron chi connectivity index (χ0n) is 24.4. The third-order valence-corrected chi connectivity index (χ3v) is 7.13. The largest absolute Gasteiger partial charge is 0.507 e. The normalized spacial score (nSPS) is 11.3. The van der Waals surface area contributed by atoms with E-state index in [-0.39, 0.29) is 11.7 Å². The van der Waals surface area contributed by atoms with Gasteiger partial charge in [-0.2, -0.15) is 0 Å². The summed E-state index contributed by atoms with van der Waals surface area (Å²) < 4.78 is 6.14. The first-order chi connectivity index (χ1) is 18.7. The SMILES string of the molecule is CCCCCCOc1cc(O)c(-c2nc(-c3ccc(C)cc3C)nc(-c3ccc(C)cc3C)n2)cc1C(C)C. The van der Waals surface area contributed by atoms with E-state index in [4.69, 9.17) is 19.7 Å². The van der Waals surface area contributed by atoms with Crippen molar-refractivity contribution in [2.45, 2.75) is 80.1 Å². The van der Waals surface area contributed by atoms with Crippen LogP contribution in [0.2, 0.25) is 0 Å². The number of unbranched alkanes of at least 4 members (excludes halogenated alkanes) is 3. The number of phenols is 1. The third-order valence-electron chi connectivity index (χ3n) is 7.13. The Morgan fingerprint density at radius 3 is 1.72 bits per heavy atom. The summed E-state index contributed by atoms with van der Waals surface area (Å²) in [4.78, 5) is 14.7. The number of ether oxygens (including phenoxy) is 1. The molecule has 4 aromatic rings. The number of hydrogen-bond donors (Lipinski definition) is 1. The molecule has 0 bridgehead atoms. The van der Waals surface area contributed by atoms with Gasteiger partial charge in [0.05, 0.1) is 12.2 Å². The number of phenolic OH excluding ortho intramolecular Hbond substituents is 1. The lowest BCUT2D eigenvalue weighted by Crippen LogP contribution is -2.04. The number of nitrogens with zero attached hydrogens (tertiary/aromatic N) is 3. The lowest BCUT2D eigenvalue weighted by atomic mass is 9.98. The second kappa shape index (κ2) is 12.4. The van der Waals surface area contributed by atoms with Crippen molar-refractivity contribution in [3.05, 3.63) is 76.3 Å². The van der Waals surface area contributed by atoms with Crippen molar-refractivity contribution >= 4 is 0 Å². The van der Waals surface area contributed by atoms with Crippen LogP contribution in [0.25, 0.3) is 34.2 Å². The summed E-state index contributed by atoms with van der Waals surface area (Å²) in [6, 6.07) is 16.2. The molecule has 0 saturated heterocycles. The minimum absolute atomic E-state index is 0.104. The van der Waals surface area contributed by atoms with E-state index >= 15 is 0 Å². The number of hydrogen-bond acceptors (Lipinski definition) is 5. The Morgan fingerprint density at radius 1 is 0.692 bits per heavy atom. The number of aromatic hydroxyl groups is 1. The number of aryl methyl sites for hydroxylation is 4. The molecule has 5 nitrogen and oxygen atoms in total. The molecule has 0 aliphatic heterocycles. The van der Waals surface area contributed by atoms with Crippen molar-refractivity contribution in [1.29, 1.82) is 0 Å². The quantitative estimate of drug-likeness (QED) is 0.210. The van der Waals surface area contributed by atoms with Gasteiger partial charge in [0.15, 0.2) is 17.5 Å². The van der Waals surface area contributed by atoms with Gasteiger partial charge in [0, 0.05) is 17.2 Å². The molecule has 0 fully saturated rings. The first-order valence-electron chi connectivity index (χ1n) is 14.1. The molecule has 0 unspecified atom stereocenters. The highest BCUT2D eigenvalue weighted by Crippen LogP contribution is 2.39. The Kier molecular flexibility index (Phi) is 9.01. The Morgan fingerprint density at radius 2 is 1.23 bits per heavy atom. The maximum absolute atomic E-state index is 11.2. The van der Waals surface area contributed by atoms with Gasteiger partial charge in [-0.1, -0.05) is 87.6 Å². The van der Waals surface area contributed by atoms with Crippen LogP contribution in [-0.4, -0.2) is 26.7 Å². The molecule has 1 aromatic heterocycles. The van der Waals surface area contributed by atoms with Crippen LogP contribution in [0.4, 0.5) is 0 Å². The summed E-state index contributed by atoms with van der Waals surface area (Å²) in [5, 5.41) is 11.2. The van der Waals surface area contributed by atoms with Gasteiger partial charge in [0.2, 0.25) is 0 Å².